The van der Waals surface area contributed by atoms with Gasteiger partial charge < -0.3 is 5.32 Å². The van der Waals surface area contributed by atoms with E-state index in [1.165, 1.54) is 10.6 Å². The Balaban J connectivity index is 2.16. The van der Waals surface area contributed by atoms with Gasteiger partial charge in [0.05, 0.1) is 10.7 Å². The number of nitrogens with one attached hydrogen (secondary N) is 1. The van der Waals surface area contributed by atoms with Crippen LogP contribution in [0.25, 0.3) is 0 Å². The monoisotopic (exact) mass is 342 g/mol. The summed E-state index contributed by atoms with van der Waals surface area (Å²) in [5.41, 5.74) is 2.26. The van der Waals surface area contributed by atoms with Crippen LogP contribution in [-0.2, 0) is 19.4 Å². The van der Waals surface area contributed by atoms with Gasteiger partial charge in [0, 0.05) is 33.9 Å². The Bertz CT molecular complexity index is 608. The number of hydrogen-bond donors (Lipinski definition) is 1. The van der Waals surface area contributed by atoms with Crippen LogP contribution in [-0.4, -0.2) is 11.0 Å². The second kappa shape index (κ2) is 7.59. The van der Waals surface area contributed by atoms with E-state index in [0.29, 0.717) is 16.1 Å². The van der Waals surface area contributed by atoms with Crippen molar-refractivity contribution in [3.63, 3.8) is 0 Å². The Morgan fingerprint density at radius 3 is 2.67 bits per heavy atom. The molecule has 0 fully saturated rings. The van der Waals surface area contributed by atoms with Crippen LogP contribution in [0.5, 0.6) is 0 Å². The molecule has 0 bridgehead atoms. The molecule has 1 aromatic heterocycles. The number of aromatic nitrogens is 1. The quantitative estimate of drug-likeness (QED) is 0.789. The van der Waals surface area contributed by atoms with Gasteiger partial charge >= 0.3 is 0 Å². The molecule has 21 heavy (non-hydrogen) atoms. The van der Waals surface area contributed by atoms with Gasteiger partial charge in [-0.05, 0) is 24.1 Å². The van der Waals surface area contributed by atoms with Gasteiger partial charge in [-0.3, -0.25) is 0 Å². The fourth-order valence-corrected chi connectivity index (χ4v) is 3.66. The zero-order chi connectivity index (χ0) is 15.4. The van der Waals surface area contributed by atoms with Crippen LogP contribution in [0.15, 0.2) is 18.2 Å². The molecule has 0 aliphatic heterocycles. The number of halogens is 2. The molecule has 0 aliphatic rings. The van der Waals surface area contributed by atoms with Gasteiger partial charge in [0.2, 0.25) is 0 Å². The highest BCUT2D eigenvalue weighted by molar-refractivity contribution is 7.11. The number of hydrogen-bond acceptors (Lipinski definition) is 3. The summed E-state index contributed by atoms with van der Waals surface area (Å²) in [5, 5.41) is 5.94. The summed E-state index contributed by atoms with van der Waals surface area (Å²) in [4.78, 5) is 6.08. The van der Waals surface area contributed by atoms with E-state index < -0.39 is 0 Å². The minimum absolute atomic E-state index is 0.478. The fraction of sp³-hybridized carbons (Fsp3) is 0.438. The smallest absolute Gasteiger partial charge is 0.0975 e. The van der Waals surface area contributed by atoms with Gasteiger partial charge in [-0.15, -0.1) is 11.3 Å². The van der Waals surface area contributed by atoms with Crippen molar-refractivity contribution >= 4 is 34.5 Å². The molecular weight excluding hydrogens is 323 g/mol. The number of benzene rings is 1. The highest BCUT2D eigenvalue weighted by Crippen LogP contribution is 2.26. The zero-order valence-electron chi connectivity index (χ0n) is 12.5. The molecule has 0 atom stereocenters. The first-order chi connectivity index (χ1) is 9.99. The third kappa shape index (κ3) is 4.68. The maximum Gasteiger partial charge on any atom is 0.0975 e. The molecule has 2 rings (SSSR count). The Hall–Kier alpha value is -0.610. The lowest BCUT2D eigenvalue weighted by atomic mass is 10.1. The second-order valence-corrected chi connectivity index (χ2v) is 7.29. The van der Waals surface area contributed by atoms with Gasteiger partial charge in [-0.1, -0.05) is 50.0 Å². The zero-order valence-corrected chi connectivity index (χ0v) is 14.9. The van der Waals surface area contributed by atoms with E-state index >= 15 is 0 Å². The summed E-state index contributed by atoms with van der Waals surface area (Å²) in [5.74, 6) is 0. The molecule has 2 aromatic rings. The van der Waals surface area contributed by atoms with E-state index in [-0.39, 0.29) is 0 Å². The van der Waals surface area contributed by atoms with E-state index in [1.807, 2.05) is 12.1 Å². The van der Waals surface area contributed by atoms with Crippen LogP contribution in [0.2, 0.25) is 10.0 Å². The van der Waals surface area contributed by atoms with Crippen molar-refractivity contribution in [2.75, 3.05) is 0 Å². The molecule has 0 radical (unpaired) electrons. The lowest BCUT2D eigenvalue weighted by Gasteiger charge is -2.06. The molecule has 1 N–H and O–H groups in total. The molecule has 5 heteroatoms. The van der Waals surface area contributed by atoms with Crippen molar-refractivity contribution in [1.29, 1.82) is 0 Å². The lowest BCUT2D eigenvalue weighted by Crippen LogP contribution is -2.21. The van der Waals surface area contributed by atoms with Crippen molar-refractivity contribution in [3.8, 4) is 0 Å². The summed E-state index contributed by atoms with van der Waals surface area (Å²) in [7, 11) is 0. The first-order valence-corrected chi connectivity index (χ1v) is 8.71. The number of rotatable bonds is 6. The molecule has 1 heterocycles. The van der Waals surface area contributed by atoms with Crippen molar-refractivity contribution in [3.05, 3.63) is 49.4 Å². The Kier molecular flexibility index (Phi) is 6.06. The highest BCUT2D eigenvalue weighted by Gasteiger charge is 2.12. The van der Waals surface area contributed by atoms with Gasteiger partial charge in [0.25, 0.3) is 0 Å². The lowest BCUT2D eigenvalue weighted by molar-refractivity contribution is 0.590. The normalized spacial score (nSPS) is 11.3. The van der Waals surface area contributed by atoms with Crippen LogP contribution in [0.4, 0.5) is 0 Å². The van der Waals surface area contributed by atoms with Crippen molar-refractivity contribution < 1.29 is 0 Å². The topological polar surface area (TPSA) is 24.9 Å². The third-order valence-corrected chi connectivity index (χ3v) is 4.87. The third-order valence-electron chi connectivity index (χ3n) is 3.19. The minimum atomic E-state index is 0.478. The average molecular weight is 343 g/mol. The molecule has 1 aromatic carbocycles. The molecule has 0 saturated heterocycles. The maximum atomic E-state index is 6.24. The predicted molar refractivity (Wildman–Crippen MR) is 92.7 cm³/mol. The summed E-state index contributed by atoms with van der Waals surface area (Å²) in [6.07, 6.45) is 1.72. The van der Waals surface area contributed by atoms with Crippen molar-refractivity contribution in [2.45, 2.75) is 46.2 Å². The number of thiazole rings is 1. The summed E-state index contributed by atoms with van der Waals surface area (Å²) >= 11 is 13.9. The molecular formula is C16H20Cl2N2S. The molecule has 0 spiro atoms. The summed E-state index contributed by atoms with van der Waals surface area (Å²) < 4.78 is 0. The van der Waals surface area contributed by atoms with E-state index in [4.69, 9.17) is 28.2 Å². The van der Waals surface area contributed by atoms with Crippen LogP contribution in [0, 0.1) is 0 Å². The summed E-state index contributed by atoms with van der Waals surface area (Å²) in [6, 6.07) is 6.11. The standard InChI is InChI=1S/C16H20Cl2N2S/c1-4-14-15(9-19-10(2)3)21-16(20-14)7-11-5-6-12(17)8-13(11)18/h5-6,8,10,19H,4,7,9H2,1-3H3. The SMILES string of the molecule is CCc1nc(Cc2ccc(Cl)cc2Cl)sc1CNC(C)C. The molecule has 0 saturated carbocycles. The van der Waals surface area contributed by atoms with E-state index in [9.17, 15) is 0 Å². The second-order valence-electron chi connectivity index (χ2n) is 5.28. The van der Waals surface area contributed by atoms with E-state index in [0.717, 1.165) is 30.0 Å². The average Bonchev–Trinajstić information content (AvgIpc) is 2.82. The first-order valence-electron chi connectivity index (χ1n) is 7.14. The highest BCUT2D eigenvalue weighted by atomic mass is 35.5. The molecule has 114 valence electrons. The van der Waals surface area contributed by atoms with Gasteiger partial charge in [0.15, 0.2) is 0 Å². The number of nitrogens with zero attached hydrogens (tertiary/aromatic N) is 1. The van der Waals surface area contributed by atoms with E-state index in [2.05, 4.69) is 26.1 Å². The maximum absolute atomic E-state index is 6.24. The predicted octanol–water partition coefficient (Wildman–Crippen LogP) is 5.10. The van der Waals surface area contributed by atoms with Crippen LogP contribution in [0.1, 0.15) is 41.9 Å². The molecule has 2 nitrogen and oxygen atoms in total. The van der Waals surface area contributed by atoms with Crippen LogP contribution in [0.3, 0.4) is 0 Å². The Morgan fingerprint density at radius 1 is 1.29 bits per heavy atom. The fourth-order valence-electron chi connectivity index (χ4n) is 2.05. The first kappa shape index (κ1) is 16.8. The van der Waals surface area contributed by atoms with Gasteiger partial charge in [-0.25, -0.2) is 4.98 Å². The minimum Gasteiger partial charge on any atom is -0.310 e. The van der Waals surface area contributed by atoms with Gasteiger partial charge in [-0.2, -0.15) is 0 Å². The van der Waals surface area contributed by atoms with Gasteiger partial charge in [0.1, 0.15) is 0 Å². The van der Waals surface area contributed by atoms with Crippen molar-refractivity contribution in [2.24, 2.45) is 0 Å². The Morgan fingerprint density at radius 2 is 2.05 bits per heavy atom. The summed E-state index contributed by atoms with van der Waals surface area (Å²) in [6.45, 7) is 7.34. The van der Waals surface area contributed by atoms with E-state index in [1.54, 1.807) is 17.4 Å². The molecule has 0 amide bonds. The van der Waals surface area contributed by atoms with Crippen LogP contribution < -0.4 is 5.32 Å². The van der Waals surface area contributed by atoms with Crippen LogP contribution >= 0.6 is 34.5 Å². The largest absolute Gasteiger partial charge is 0.310 e. The van der Waals surface area contributed by atoms with Crippen molar-refractivity contribution in [1.82, 2.24) is 10.3 Å². The number of aryl methyl sites for hydroxylation is 1. The molecule has 0 unspecified atom stereocenters. The molecule has 0 aliphatic carbocycles. The Labute approximate surface area is 140 Å².